The zero-order valence-electron chi connectivity index (χ0n) is 10.0. The van der Waals surface area contributed by atoms with Gasteiger partial charge in [-0.15, -0.1) is 0 Å². The third-order valence-corrected chi connectivity index (χ3v) is 3.95. The highest BCUT2D eigenvalue weighted by Gasteiger charge is 2.08. The average Bonchev–Trinajstić information content (AvgIpc) is 2.26. The first kappa shape index (κ1) is 15.4. The molecule has 1 rings (SSSR count). The van der Waals surface area contributed by atoms with Gasteiger partial charge in [0.15, 0.2) is 0 Å². The normalized spacial score (nSPS) is 11.7. The molecule has 102 valence electrons. The summed E-state index contributed by atoms with van der Waals surface area (Å²) in [5.74, 6) is -0.430. The van der Waals surface area contributed by atoms with Crippen LogP contribution in [0, 0.1) is 5.82 Å². The summed E-state index contributed by atoms with van der Waals surface area (Å²) in [5, 5.41) is 3.21. The molecule has 0 aliphatic carbocycles. The highest BCUT2D eigenvalue weighted by Crippen LogP contribution is 2.14. The Hall–Kier alpha value is -0.690. The van der Waals surface area contributed by atoms with Crippen molar-refractivity contribution in [1.29, 1.82) is 0 Å². The van der Waals surface area contributed by atoms with Crippen LogP contribution in [0.1, 0.15) is 12.5 Å². The van der Waals surface area contributed by atoms with E-state index in [2.05, 4.69) is 10.0 Å². The van der Waals surface area contributed by atoms with Crippen LogP contribution in [-0.2, 0) is 16.6 Å². The van der Waals surface area contributed by atoms with Crippen LogP contribution in [0.3, 0.4) is 0 Å². The smallest absolute Gasteiger partial charge is 0.212 e. The summed E-state index contributed by atoms with van der Waals surface area (Å²) in [4.78, 5) is 0. The van der Waals surface area contributed by atoms with Crippen LogP contribution in [0.15, 0.2) is 18.2 Å². The second-order valence-corrected chi connectivity index (χ2v) is 6.09. The Kier molecular flexibility index (Phi) is 6.01. The number of nitrogens with one attached hydrogen (secondary N) is 2. The summed E-state index contributed by atoms with van der Waals surface area (Å²) in [6.07, 6.45) is 0. The van der Waals surface area contributed by atoms with Gasteiger partial charge in [-0.05, 0) is 12.1 Å². The maximum absolute atomic E-state index is 13.4. The Balaban J connectivity index is 2.38. The molecule has 18 heavy (non-hydrogen) atoms. The molecule has 4 nitrogen and oxygen atoms in total. The fourth-order valence-corrected chi connectivity index (χ4v) is 2.54. The Morgan fingerprint density at radius 3 is 2.72 bits per heavy atom. The first-order chi connectivity index (χ1) is 8.44. The van der Waals surface area contributed by atoms with Gasteiger partial charge in [0, 0.05) is 30.2 Å². The molecule has 0 spiro atoms. The topological polar surface area (TPSA) is 58.2 Å². The minimum Gasteiger partial charge on any atom is -0.312 e. The molecule has 0 unspecified atom stereocenters. The van der Waals surface area contributed by atoms with Gasteiger partial charge >= 0.3 is 0 Å². The molecule has 0 amide bonds. The minimum absolute atomic E-state index is 0.0317. The molecule has 0 aliphatic rings. The summed E-state index contributed by atoms with van der Waals surface area (Å²) >= 11 is 5.62. The zero-order chi connectivity index (χ0) is 13.6. The third-order valence-electron chi connectivity index (χ3n) is 2.24. The molecule has 2 N–H and O–H groups in total. The van der Waals surface area contributed by atoms with E-state index in [1.807, 2.05) is 0 Å². The van der Waals surface area contributed by atoms with Gasteiger partial charge in [-0.25, -0.2) is 17.5 Å². The summed E-state index contributed by atoms with van der Waals surface area (Å²) < 4.78 is 38.4. The average molecular weight is 295 g/mol. The molecule has 0 atom stereocenters. The van der Waals surface area contributed by atoms with Crippen LogP contribution >= 0.6 is 11.6 Å². The lowest BCUT2D eigenvalue weighted by molar-refractivity contribution is 0.574. The molecule has 0 fully saturated rings. The van der Waals surface area contributed by atoms with Gasteiger partial charge in [0.2, 0.25) is 10.0 Å². The predicted octanol–water partition coefficient (Wildman–Crippen LogP) is 1.51. The van der Waals surface area contributed by atoms with Crippen molar-refractivity contribution in [2.75, 3.05) is 18.8 Å². The summed E-state index contributed by atoms with van der Waals surface area (Å²) in [5.41, 5.74) is 0.459. The Morgan fingerprint density at radius 2 is 2.11 bits per heavy atom. The van der Waals surface area contributed by atoms with Crippen LogP contribution in [0.25, 0.3) is 0 Å². The number of sulfonamides is 1. The van der Waals surface area contributed by atoms with Gasteiger partial charge in [-0.2, -0.15) is 0 Å². The van der Waals surface area contributed by atoms with Crippen molar-refractivity contribution in [2.45, 2.75) is 13.5 Å². The quantitative estimate of drug-likeness (QED) is 0.750. The van der Waals surface area contributed by atoms with E-state index in [1.54, 1.807) is 19.1 Å². The van der Waals surface area contributed by atoms with Crippen LogP contribution in [0.2, 0.25) is 5.02 Å². The zero-order valence-corrected chi connectivity index (χ0v) is 11.6. The number of benzene rings is 1. The lowest BCUT2D eigenvalue weighted by Crippen LogP contribution is -2.31. The second-order valence-electron chi connectivity index (χ2n) is 3.73. The van der Waals surface area contributed by atoms with E-state index in [4.69, 9.17) is 11.6 Å². The van der Waals surface area contributed by atoms with Crippen molar-refractivity contribution < 1.29 is 12.8 Å². The molecular formula is C11H16ClFN2O2S. The summed E-state index contributed by atoms with van der Waals surface area (Å²) in [7, 11) is -3.23. The van der Waals surface area contributed by atoms with E-state index in [9.17, 15) is 12.8 Å². The minimum atomic E-state index is -3.23. The molecule has 1 aromatic rings. The van der Waals surface area contributed by atoms with E-state index in [-0.39, 0.29) is 18.8 Å². The van der Waals surface area contributed by atoms with Crippen LogP contribution < -0.4 is 10.0 Å². The maximum Gasteiger partial charge on any atom is 0.212 e. The van der Waals surface area contributed by atoms with E-state index in [0.29, 0.717) is 17.1 Å². The fourth-order valence-electron chi connectivity index (χ4n) is 1.39. The molecule has 0 heterocycles. The lowest BCUT2D eigenvalue weighted by Gasteiger charge is -2.07. The third kappa shape index (κ3) is 5.30. The number of hydrogen-bond acceptors (Lipinski definition) is 3. The van der Waals surface area contributed by atoms with Crippen LogP contribution in [-0.4, -0.2) is 27.3 Å². The second kappa shape index (κ2) is 7.04. The van der Waals surface area contributed by atoms with Gasteiger partial charge < -0.3 is 5.32 Å². The van der Waals surface area contributed by atoms with Crippen molar-refractivity contribution in [3.8, 4) is 0 Å². The predicted molar refractivity (Wildman–Crippen MR) is 70.6 cm³/mol. The van der Waals surface area contributed by atoms with Gasteiger partial charge in [0.05, 0.1) is 5.75 Å². The highest BCUT2D eigenvalue weighted by atomic mass is 35.5. The van der Waals surface area contributed by atoms with E-state index >= 15 is 0 Å². The number of hydrogen-bond donors (Lipinski definition) is 2. The van der Waals surface area contributed by atoms with Gasteiger partial charge in [-0.3, -0.25) is 0 Å². The Labute approximate surface area is 112 Å². The molecule has 1 aromatic carbocycles. The molecule has 0 aliphatic heterocycles. The van der Waals surface area contributed by atoms with E-state index < -0.39 is 15.8 Å². The molecule has 0 aromatic heterocycles. The summed E-state index contributed by atoms with van der Waals surface area (Å²) in [6.45, 7) is 2.62. The van der Waals surface area contributed by atoms with Crippen molar-refractivity contribution in [2.24, 2.45) is 0 Å². The van der Waals surface area contributed by atoms with Crippen LogP contribution in [0.4, 0.5) is 4.39 Å². The summed E-state index contributed by atoms with van der Waals surface area (Å²) in [6, 6.07) is 4.40. The highest BCUT2D eigenvalue weighted by molar-refractivity contribution is 7.89. The monoisotopic (exact) mass is 294 g/mol. The van der Waals surface area contributed by atoms with Crippen molar-refractivity contribution in [3.05, 3.63) is 34.6 Å². The fraction of sp³-hybridized carbons (Fsp3) is 0.455. The molecule has 7 heteroatoms. The molecule has 0 radical (unpaired) electrons. The SMILES string of the molecule is CCNS(=O)(=O)CCNCc1ccc(Cl)cc1F. The van der Waals surface area contributed by atoms with E-state index in [0.717, 1.165) is 0 Å². The van der Waals surface area contributed by atoms with Gasteiger partial charge in [0.25, 0.3) is 0 Å². The molecule has 0 saturated carbocycles. The molecule has 0 bridgehead atoms. The first-order valence-corrected chi connectivity index (χ1v) is 7.59. The number of rotatable bonds is 7. The van der Waals surface area contributed by atoms with Crippen molar-refractivity contribution in [3.63, 3.8) is 0 Å². The van der Waals surface area contributed by atoms with Gasteiger partial charge in [0.1, 0.15) is 5.82 Å². The van der Waals surface area contributed by atoms with Crippen molar-refractivity contribution >= 4 is 21.6 Å². The van der Waals surface area contributed by atoms with Gasteiger partial charge in [-0.1, -0.05) is 24.6 Å². The van der Waals surface area contributed by atoms with E-state index in [1.165, 1.54) is 6.07 Å². The first-order valence-electron chi connectivity index (χ1n) is 5.56. The van der Waals surface area contributed by atoms with Crippen LogP contribution in [0.5, 0.6) is 0 Å². The molecular weight excluding hydrogens is 279 g/mol. The Bertz CT molecular complexity index is 494. The standard InChI is InChI=1S/C11H16ClFN2O2S/c1-2-15-18(16,17)6-5-14-8-9-3-4-10(12)7-11(9)13/h3-4,7,14-15H,2,5-6,8H2,1H3. The largest absolute Gasteiger partial charge is 0.312 e. The maximum atomic E-state index is 13.4. The Morgan fingerprint density at radius 1 is 1.39 bits per heavy atom. The molecule has 0 saturated heterocycles. The lowest BCUT2D eigenvalue weighted by atomic mass is 10.2. The van der Waals surface area contributed by atoms with Crippen molar-refractivity contribution in [1.82, 2.24) is 10.0 Å². The number of halogens is 2.